The third-order valence-corrected chi connectivity index (χ3v) is 6.54. The zero-order valence-corrected chi connectivity index (χ0v) is 21.0. The van der Waals surface area contributed by atoms with E-state index in [2.05, 4.69) is 10.1 Å². The first kappa shape index (κ1) is 29.1. The molecule has 3 aromatic carbocycles. The molecule has 0 saturated heterocycles. The number of amides is 3. The van der Waals surface area contributed by atoms with Crippen LogP contribution in [0.25, 0.3) is 6.08 Å². The van der Waals surface area contributed by atoms with Crippen molar-refractivity contribution in [2.24, 2.45) is 0 Å². The van der Waals surface area contributed by atoms with E-state index >= 15 is 0 Å². The SMILES string of the molecule is Cc1ccccc1S(=O)(=O)NC(=O)NC(=Cc1cc(F)cc(F)c1)C(=O)N(C)c1ccc(OC(F)(F)F)cc1. The summed E-state index contributed by atoms with van der Waals surface area (Å²) >= 11 is 0. The molecule has 0 aromatic heterocycles. The molecule has 0 unspecified atom stereocenters. The van der Waals surface area contributed by atoms with Crippen LogP contribution in [0, 0.1) is 18.6 Å². The van der Waals surface area contributed by atoms with Gasteiger partial charge >= 0.3 is 12.4 Å². The number of hydrogen-bond donors (Lipinski definition) is 2. The third-order valence-electron chi connectivity index (χ3n) is 5.05. The lowest BCUT2D eigenvalue weighted by atomic mass is 10.1. The molecule has 0 bridgehead atoms. The lowest BCUT2D eigenvalue weighted by molar-refractivity contribution is -0.274. The average Bonchev–Trinajstić information content (AvgIpc) is 2.81. The Morgan fingerprint density at radius 1 is 0.949 bits per heavy atom. The highest BCUT2D eigenvalue weighted by atomic mass is 32.2. The van der Waals surface area contributed by atoms with Gasteiger partial charge in [-0.3, -0.25) is 4.79 Å². The molecule has 3 amide bonds. The molecule has 14 heteroatoms. The monoisotopic (exact) mass is 569 g/mol. The molecule has 39 heavy (non-hydrogen) atoms. The van der Waals surface area contributed by atoms with Gasteiger partial charge in [0.05, 0.1) is 4.90 Å². The maximum Gasteiger partial charge on any atom is 0.573 e. The van der Waals surface area contributed by atoms with Gasteiger partial charge < -0.3 is 15.0 Å². The number of likely N-dealkylation sites (N-methyl/N-ethyl adjacent to an activating group) is 1. The van der Waals surface area contributed by atoms with Crippen LogP contribution in [-0.4, -0.2) is 33.8 Å². The van der Waals surface area contributed by atoms with Gasteiger partial charge in [-0.15, -0.1) is 13.2 Å². The maximum absolute atomic E-state index is 13.7. The Kier molecular flexibility index (Phi) is 8.59. The van der Waals surface area contributed by atoms with Gasteiger partial charge in [0.25, 0.3) is 15.9 Å². The Balaban J connectivity index is 1.91. The Labute approximate surface area is 219 Å². The van der Waals surface area contributed by atoms with Crippen LogP contribution in [0.3, 0.4) is 0 Å². The van der Waals surface area contributed by atoms with Gasteiger partial charge in [-0.25, -0.2) is 26.7 Å². The number of urea groups is 1. The van der Waals surface area contributed by atoms with E-state index in [9.17, 15) is 40.0 Å². The van der Waals surface area contributed by atoms with Crippen LogP contribution >= 0.6 is 0 Å². The van der Waals surface area contributed by atoms with Gasteiger partial charge in [0.2, 0.25) is 0 Å². The number of ether oxygens (including phenoxy) is 1. The molecule has 3 rings (SSSR count). The van der Waals surface area contributed by atoms with Crippen molar-refractivity contribution in [2.45, 2.75) is 18.2 Å². The van der Waals surface area contributed by atoms with Crippen molar-refractivity contribution in [1.82, 2.24) is 10.0 Å². The van der Waals surface area contributed by atoms with Gasteiger partial charge in [0.15, 0.2) is 0 Å². The van der Waals surface area contributed by atoms with Crippen LogP contribution in [0.4, 0.5) is 32.4 Å². The molecule has 0 fully saturated rings. The second-order valence-electron chi connectivity index (χ2n) is 7.99. The van der Waals surface area contributed by atoms with Gasteiger partial charge in [-0.05, 0) is 66.6 Å². The molecule has 0 heterocycles. The highest BCUT2D eigenvalue weighted by Gasteiger charge is 2.31. The van der Waals surface area contributed by atoms with Crippen molar-refractivity contribution in [2.75, 3.05) is 11.9 Å². The number of carbonyl (C=O) groups excluding carboxylic acids is 2. The molecule has 0 radical (unpaired) electrons. The molecule has 0 aliphatic carbocycles. The fraction of sp³-hybridized carbons (Fsp3) is 0.120. The minimum atomic E-state index is -4.94. The Morgan fingerprint density at radius 2 is 1.54 bits per heavy atom. The number of anilines is 1. The van der Waals surface area contributed by atoms with Gasteiger partial charge in [0.1, 0.15) is 23.1 Å². The summed E-state index contributed by atoms with van der Waals surface area (Å²) in [6.07, 6.45) is -4.04. The molecule has 0 aliphatic rings. The molecule has 8 nitrogen and oxygen atoms in total. The number of hydrogen-bond acceptors (Lipinski definition) is 5. The normalized spacial score (nSPS) is 12.0. The predicted molar refractivity (Wildman–Crippen MR) is 131 cm³/mol. The Bertz CT molecular complexity index is 1500. The molecule has 3 aromatic rings. The van der Waals surface area contributed by atoms with E-state index in [1.165, 1.54) is 32.2 Å². The first-order chi connectivity index (χ1) is 18.1. The number of carbonyl (C=O) groups is 2. The van der Waals surface area contributed by atoms with Crippen molar-refractivity contribution in [3.63, 3.8) is 0 Å². The summed E-state index contributed by atoms with van der Waals surface area (Å²) in [5, 5.41) is 2.06. The second-order valence-corrected chi connectivity index (χ2v) is 9.64. The molecular formula is C25H20F5N3O5S. The minimum Gasteiger partial charge on any atom is -0.406 e. The third kappa shape index (κ3) is 8.01. The fourth-order valence-electron chi connectivity index (χ4n) is 3.33. The second kappa shape index (κ2) is 11.5. The van der Waals surface area contributed by atoms with E-state index < -0.39 is 51.4 Å². The summed E-state index contributed by atoms with van der Waals surface area (Å²) in [7, 11) is -3.18. The lowest BCUT2D eigenvalue weighted by Crippen LogP contribution is -2.43. The van der Waals surface area contributed by atoms with Crippen LogP contribution in [0.5, 0.6) is 5.75 Å². The van der Waals surface area contributed by atoms with Crippen LogP contribution in [0.1, 0.15) is 11.1 Å². The van der Waals surface area contributed by atoms with Gasteiger partial charge in [-0.1, -0.05) is 18.2 Å². The van der Waals surface area contributed by atoms with E-state index in [1.54, 1.807) is 10.8 Å². The predicted octanol–water partition coefficient (Wildman–Crippen LogP) is 4.86. The Hall–Kier alpha value is -4.46. The lowest BCUT2D eigenvalue weighted by Gasteiger charge is -2.20. The number of alkyl halides is 3. The first-order valence-electron chi connectivity index (χ1n) is 10.9. The zero-order chi connectivity index (χ0) is 29.0. The van der Waals surface area contributed by atoms with Crippen molar-refractivity contribution in [3.8, 4) is 5.75 Å². The van der Waals surface area contributed by atoms with E-state index in [0.717, 1.165) is 47.4 Å². The van der Waals surface area contributed by atoms with Gasteiger partial charge in [-0.2, -0.15) is 0 Å². The quantitative estimate of drug-likeness (QED) is 0.312. The minimum absolute atomic E-state index is 0.0422. The molecule has 0 aliphatic heterocycles. The average molecular weight is 570 g/mol. The van der Waals surface area contributed by atoms with Crippen LogP contribution in [0.15, 0.2) is 77.3 Å². The summed E-state index contributed by atoms with van der Waals surface area (Å²) in [5.74, 6) is -3.55. The summed E-state index contributed by atoms with van der Waals surface area (Å²) in [5.41, 5.74) is -0.436. The molecule has 0 saturated carbocycles. The van der Waals surface area contributed by atoms with Gasteiger partial charge in [0, 0.05) is 18.8 Å². The molecule has 0 atom stereocenters. The first-order valence-corrected chi connectivity index (χ1v) is 12.3. The summed E-state index contributed by atoms with van der Waals surface area (Å²) in [4.78, 5) is 26.6. The number of nitrogens with zero attached hydrogens (tertiary/aromatic N) is 1. The van der Waals surface area contributed by atoms with Crippen LogP contribution < -0.4 is 19.7 Å². The largest absolute Gasteiger partial charge is 0.573 e. The fourth-order valence-corrected chi connectivity index (χ4v) is 4.48. The summed E-state index contributed by atoms with van der Waals surface area (Å²) < 4.78 is 95.6. The summed E-state index contributed by atoms with van der Waals surface area (Å²) in [6, 6.07) is 10.8. The van der Waals surface area contributed by atoms with E-state index in [-0.39, 0.29) is 16.1 Å². The molecule has 2 N–H and O–H groups in total. The number of aryl methyl sites for hydroxylation is 1. The highest BCUT2D eigenvalue weighted by molar-refractivity contribution is 7.90. The van der Waals surface area contributed by atoms with Crippen molar-refractivity contribution in [1.29, 1.82) is 0 Å². The maximum atomic E-state index is 13.7. The Morgan fingerprint density at radius 3 is 2.10 bits per heavy atom. The summed E-state index contributed by atoms with van der Waals surface area (Å²) in [6.45, 7) is 1.50. The van der Waals surface area contributed by atoms with Crippen molar-refractivity contribution >= 4 is 33.7 Å². The number of rotatable bonds is 7. The van der Waals surface area contributed by atoms with Crippen LogP contribution in [-0.2, 0) is 14.8 Å². The number of sulfonamides is 1. The van der Waals surface area contributed by atoms with Crippen molar-refractivity contribution < 1.29 is 44.7 Å². The van der Waals surface area contributed by atoms with E-state index in [1.807, 2.05) is 0 Å². The number of benzene rings is 3. The number of halogens is 5. The molecule has 0 spiro atoms. The highest BCUT2D eigenvalue weighted by Crippen LogP contribution is 2.25. The topological polar surface area (TPSA) is 105 Å². The van der Waals surface area contributed by atoms with E-state index in [0.29, 0.717) is 11.6 Å². The smallest absolute Gasteiger partial charge is 0.406 e. The molecular weight excluding hydrogens is 549 g/mol. The zero-order valence-electron chi connectivity index (χ0n) is 20.2. The van der Waals surface area contributed by atoms with Crippen LogP contribution in [0.2, 0.25) is 0 Å². The standard InChI is InChI=1S/C25H20F5N3O5S/c1-15-5-3-4-6-22(15)39(36,37)32-24(35)31-21(13-16-11-17(26)14-18(27)12-16)23(34)33(2)19-7-9-20(10-8-19)38-25(28,29)30/h3-14H,1-2H3,(H2,31,32,35). The van der Waals surface area contributed by atoms with Crippen molar-refractivity contribution in [3.05, 3.63) is 95.2 Å². The number of nitrogens with one attached hydrogen (secondary N) is 2. The van der Waals surface area contributed by atoms with E-state index in [4.69, 9.17) is 0 Å². The molecule has 206 valence electrons.